The van der Waals surface area contributed by atoms with Gasteiger partial charge in [-0.2, -0.15) is 0 Å². The lowest BCUT2D eigenvalue weighted by atomic mass is 10.0. The lowest BCUT2D eigenvalue weighted by Crippen LogP contribution is -2.47. The molecule has 9 nitrogen and oxygen atoms in total. The minimum Gasteiger partial charge on any atom is -0.456 e. The van der Waals surface area contributed by atoms with Crippen molar-refractivity contribution in [1.82, 2.24) is 5.32 Å². The van der Waals surface area contributed by atoms with Crippen molar-refractivity contribution in [2.75, 3.05) is 40.9 Å². The van der Waals surface area contributed by atoms with Gasteiger partial charge in [-0.3, -0.25) is 18.6 Å². The second-order valence-corrected chi connectivity index (χ2v) is 25.4. The zero-order valence-corrected chi connectivity index (χ0v) is 55.1. The Morgan fingerprint density at radius 2 is 0.744 bits per heavy atom. The molecule has 0 aromatic carbocycles. The van der Waals surface area contributed by atoms with E-state index < -0.39 is 20.0 Å². The van der Waals surface area contributed by atoms with E-state index in [1.54, 1.807) is 0 Å². The first-order valence-corrected chi connectivity index (χ1v) is 35.6. The number of likely N-dealkylation sites (N-methyl/N-ethyl adjacent to an activating group) is 1. The number of amides is 1. The molecule has 10 heteroatoms. The molecule has 0 radical (unpaired) electrons. The van der Waals surface area contributed by atoms with Gasteiger partial charge in [-0.1, -0.05) is 266 Å². The van der Waals surface area contributed by atoms with E-state index in [9.17, 15) is 19.0 Å². The van der Waals surface area contributed by atoms with Gasteiger partial charge in [0.05, 0.1) is 33.8 Å². The van der Waals surface area contributed by atoms with E-state index in [1.165, 1.54) is 141 Å². The van der Waals surface area contributed by atoms with Gasteiger partial charge in [0, 0.05) is 12.8 Å². The Balaban J connectivity index is 5.19. The number of hydrogen-bond donors (Lipinski definition) is 2. The zero-order valence-electron chi connectivity index (χ0n) is 54.2. The van der Waals surface area contributed by atoms with Gasteiger partial charge >= 0.3 is 13.8 Å². The summed E-state index contributed by atoms with van der Waals surface area (Å²) in [5, 5.41) is 3.06. The van der Waals surface area contributed by atoms with Crippen LogP contribution in [0.25, 0.3) is 0 Å². The Hall–Kier alpha value is -3.07. The largest absolute Gasteiger partial charge is 0.472 e. The topological polar surface area (TPSA) is 111 Å². The number of carbonyl (C=O) groups excluding carboxylic acids is 2. The van der Waals surface area contributed by atoms with Gasteiger partial charge < -0.3 is 19.4 Å². The number of ether oxygens (including phenoxy) is 1. The summed E-state index contributed by atoms with van der Waals surface area (Å²) in [6.45, 7) is 6.95. The first kappa shape index (κ1) is 78.9. The Kier molecular flexibility index (Phi) is 58.7. The molecule has 0 fully saturated rings. The number of quaternary nitrogens is 1. The number of nitrogens with one attached hydrogen (secondary N) is 1. The smallest absolute Gasteiger partial charge is 0.456 e. The summed E-state index contributed by atoms with van der Waals surface area (Å²) in [4.78, 5) is 37.8. The number of phosphoric acid groups is 1. The second kappa shape index (κ2) is 61.0. The number of allylic oxidation sites excluding steroid dienone is 15. The fourth-order valence-electron chi connectivity index (χ4n) is 9.46. The van der Waals surface area contributed by atoms with Crippen LogP contribution in [0.3, 0.4) is 0 Å². The van der Waals surface area contributed by atoms with Crippen LogP contribution in [-0.2, 0) is 27.9 Å². The Morgan fingerprint density at radius 1 is 0.427 bits per heavy atom. The Morgan fingerprint density at radius 3 is 1.13 bits per heavy atom. The van der Waals surface area contributed by atoms with Crippen molar-refractivity contribution in [3.8, 4) is 0 Å². The summed E-state index contributed by atoms with van der Waals surface area (Å²) in [7, 11) is 1.47. The summed E-state index contributed by atoms with van der Waals surface area (Å²) in [5.41, 5.74) is 0. The van der Waals surface area contributed by atoms with Gasteiger partial charge in [-0.25, -0.2) is 4.57 Å². The number of carbonyl (C=O) groups is 2. The first-order valence-electron chi connectivity index (χ1n) is 34.1. The molecule has 0 spiro atoms. The lowest BCUT2D eigenvalue weighted by Gasteiger charge is -2.27. The van der Waals surface area contributed by atoms with Crippen LogP contribution in [0.4, 0.5) is 0 Å². The third-order valence-electron chi connectivity index (χ3n) is 14.7. The van der Waals surface area contributed by atoms with Crippen LogP contribution in [0.2, 0.25) is 0 Å². The van der Waals surface area contributed by atoms with E-state index in [2.05, 4.69) is 111 Å². The average Bonchev–Trinajstić information content (AvgIpc) is 3.44. The summed E-state index contributed by atoms with van der Waals surface area (Å²) >= 11 is 0. The van der Waals surface area contributed by atoms with Crippen molar-refractivity contribution in [3.05, 3.63) is 97.2 Å². The van der Waals surface area contributed by atoms with Crippen molar-refractivity contribution in [1.29, 1.82) is 0 Å². The van der Waals surface area contributed by atoms with E-state index in [0.29, 0.717) is 23.9 Å². The van der Waals surface area contributed by atoms with Crippen LogP contribution in [0, 0.1) is 0 Å². The molecule has 0 aliphatic heterocycles. The molecule has 0 aromatic rings. The number of nitrogens with zero attached hydrogens (tertiary/aromatic N) is 1. The minimum atomic E-state index is -4.46. The fraction of sp³-hybridized carbons (Fsp3) is 0.750. The van der Waals surface area contributed by atoms with Crippen molar-refractivity contribution in [3.63, 3.8) is 0 Å². The monoisotopic (exact) mass is 1170 g/mol. The van der Waals surface area contributed by atoms with E-state index in [1.807, 2.05) is 33.3 Å². The van der Waals surface area contributed by atoms with E-state index in [0.717, 1.165) is 116 Å². The lowest BCUT2D eigenvalue weighted by molar-refractivity contribution is -0.870. The van der Waals surface area contributed by atoms with Crippen LogP contribution in [-0.4, -0.2) is 74.3 Å². The van der Waals surface area contributed by atoms with Crippen LogP contribution in [0.5, 0.6) is 0 Å². The van der Waals surface area contributed by atoms with E-state index >= 15 is 0 Å². The molecule has 0 aliphatic carbocycles. The van der Waals surface area contributed by atoms with Crippen LogP contribution in [0.15, 0.2) is 97.2 Å². The highest BCUT2D eigenvalue weighted by Crippen LogP contribution is 2.43. The maximum absolute atomic E-state index is 13.6. The summed E-state index contributed by atoms with van der Waals surface area (Å²) < 4.78 is 30.8. The molecule has 0 aliphatic rings. The maximum atomic E-state index is 13.6. The average molecular weight is 1170 g/mol. The van der Waals surface area contributed by atoms with E-state index in [4.69, 9.17) is 13.8 Å². The molecule has 1 amide bonds. The number of phosphoric ester groups is 1. The molecule has 3 atom stereocenters. The molecule has 474 valence electrons. The van der Waals surface area contributed by atoms with Crippen LogP contribution in [0.1, 0.15) is 297 Å². The molecular weight excluding hydrogens is 1040 g/mol. The van der Waals surface area contributed by atoms with Gasteiger partial charge in [0.1, 0.15) is 19.3 Å². The standard InChI is InChI=1S/C72H129N2O7P/c1-7-10-13-16-19-22-25-28-30-32-34-36-37-39-40-42-44-46-49-52-55-58-61-64-71(75)73-69(68-80-82(77,78)79-67-66-74(4,5)6)70(63-60-57-54-51-48-27-24-21-18-15-12-9-3)81-72(76)65-62-59-56-53-50-47-45-43-41-38-35-33-31-29-26-23-20-17-14-11-8-2/h19-20,22-23,28-31,34-36,38,43,45,60,63,69-70H,7-18,21,24-27,32-33,37,39-42,44,46-59,61-62,64-68H2,1-6H3,(H-,73,75,77,78)/p+1/b22-19-,23-20-,30-28-,31-29-,36-34-,38-35-,45-43-,63-60+. The van der Waals surface area contributed by atoms with Crippen LogP contribution >= 0.6 is 7.82 Å². The van der Waals surface area contributed by atoms with Gasteiger partial charge in [-0.05, 0) is 115 Å². The molecule has 82 heavy (non-hydrogen) atoms. The van der Waals surface area contributed by atoms with Gasteiger partial charge in [0.2, 0.25) is 5.91 Å². The summed E-state index contributed by atoms with van der Waals surface area (Å²) in [5.74, 6) is -0.529. The molecule has 0 aromatic heterocycles. The molecular formula is C72H130N2O7P+. The van der Waals surface area contributed by atoms with Gasteiger partial charge in [0.15, 0.2) is 0 Å². The molecule has 3 unspecified atom stereocenters. The predicted molar refractivity (Wildman–Crippen MR) is 355 cm³/mol. The highest BCUT2D eigenvalue weighted by Gasteiger charge is 2.30. The zero-order chi connectivity index (χ0) is 60.0. The number of hydrogen-bond acceptors (Lipinski definition) is 6. The molecule has 2 N–H and O–H groups in total. The summed E-state index contributed by atoms with van der Waals surface area (Å²) in [6.07, 6.45) is 82.6. The number of esters is 1. The first-order chi connectivity index (χ1) is 39.9. The Labute approximate surface area is 507 Å². The molecule has 0 saturated carbocycles. The predicted octanol–water partition coefficient (Wildman–Crippen LogP) is 21.5. The van der Waals surface area contributed by atoms with Crippen molar-refractivity contribution in [2.24, 2.45) is 0 Å². The molecule has 0 heterocycles. The minimum absolute atomic E-state index is 0.0321. The third-order valence-corrected chi connectivity index (χ3v) is 15.7. The highest BCUT2D eigenvalue weighted by molar-refractivity contribution is 7.47. The number of unbranched alkanes of at least 4 members (excludes halogenated alkanes) is 31. The third kappa shape index (κ3) is 61.5. The highest BCUT2D eigenvalue weighted by atomic mass is 31.2. The maximum Gasteiger partial charge on any atom is 0.472 e. The SMILES string of the molecule is CCCCC/C=C\C/C=C\C/C=C\C/C=C\CCCCCCCC(=O)OC(/C=C/CCCCCCCCCCCC)C(COP(=O)(O)OCC[N+](C)(C)C)NC(=O)CCCCCCCCCCCC/C=C\C/C=C\C/C=C\CCCCC. The number of rotatable bonds is 61. The summed E-state index contributed by atoms with van der Waals surface area (Å²) in [6, 6.07) is -0.865. The quantitative estimate of drug-likeness (QED) is 0.0205. The van der Waals surface area contributed by atoms with Crippen LogP contribution < -0.4 is 5.32 Å². The van der Waals surface area contributed by atoms with Crippen molar-refractivity contribution < 1.29 is 37.3 Å². The Bertz CT molecular complexity index is 1720. The van der Waals surface area contributed by atoms with Gasteiger partial charge in [0.25, 0.3) is 0 Å². The molecule has 0 saturated heterocycles. The van der Waals surface area contributed by atoms with E-state index in [-0.39, 0.29) is 31.5 Å². The van der Waals surface area contributed by atoms with Crippen molar-refractivity contribution >= 4 is 19.7 Å². The molecule has 0 bridgehead atoms. The fourth-order valence-corrected chi connectivity index (χ4v) is 10.2. The normalized spacial score (nSPS) is 14.2. The van der Waals surface area contributed by atoms with Gasteiger partial charge in [-0.15, -0.1) is 0 Å². The van der Waals surface area contributed by atoms with Crippen molar-refractivity contribution in [2.45, 2.75) is 309 Å². The second-order valence-electron chi connectivity index (χ2n) is 24.0. The molecule has 0 rings (SSSR count).